The Morgan fingerprint density at radius 1 is 1.22 bits per heavy atom. The summed E-state index contributed by atoms with van der Waals surface area (Å²) < 4.78 is 5.24. The zero-order valence-corrected chi connectivity index (χ0v) is 13.1. The van der Waals surface area contributed by atoms with Crippen molar-refractivity contribution in [2.45, 2.75) is 38.6 Å². The van der Waals surface area contributed by atoms with Gasteiger partial charge in [0.25, 0.3) is 0 Å². The molecule has 1 amide bonds. The Morgan fingerprint density at radius 2 is 2.09 bits per heavy atom. The van der Waals surface area contributed by atoms with Gasteiger partial charge in [0.05, 0.1) is 6.54 Å². The summed E-state index contributed by atoms with van der Waals surface area (Å²) in [6.45, 7) is 0.328. The quantitative estimate of drug-likeness (QED) is 0.922. The molecule has 2 fully saturated rings. The monoisotopic (exact) mass is 311 g/mol. The normalized spacial score (nSPS) is 25.7. The van der Waals surface area contributed by atoms with Gasteiger partial charge in [0.1, 0.15) is 0 Å². The third-order valence-corrected chi connectivity index (χ3v) is 5.20. The van der Waals surface area contributed by atoms with E-state index in [9.17, 15) is 4.79 Å². The molecule has 1 N–H and O–H groups in total. The Bertz CT molecular complexity index is 683. The highest BCUT2D eigenvalue weighted by molar-refractivity contribution is 5.79. The molecule has 0 radical (unpaired) electrons. The van der Waals surface area contributed by atoms with Gasteiger partial charge < -0.3 is 9.84 Å². The molecule has 1 aromatic heterocycles. The molecule has 1 heterocycles. The summed E-state index contributed by atoms with van der Waals surface area (Å²) in [4.78, 5) is 16.7. The highest BCUT2D eigenvalue weighted by Gasteiger charge is 2.42. The minimum atomic E-state index is 0.153. The van der Waals surface area contributed by atoms with Gasteiger partial charge in [0.15, 0.2) is 5.82 Å². The van der Waals surface area contributed by atoms with Crippen LogP contribution >= 0.6 is 0 Å². The van der Waals surface area contributed by atoms with Gasteiger partial charge in [-0.3, -0.25) is 4.79 Å². The molecule has 0 unspecified atom stereocenters. The molecule has 4 rings (SSSR count). The highest BCUT2D eigenvalue weighted by atomic mass is 16.5. The third kappa shape index (κ3) is 3.14. The van der Waals surface area contributed by atoms with E-state index in [1.807, 2.05) is 30.3 Å². The van der Waals surface area contributed by atoms with Crippen LogP contribution in [-0.2, 0) is 17.8 Å². The minimum Gasteiger partial charge on any atom is -0.347 e. The summed E-state index contributed by atoms with van der Waals surface area (Å²) in [6, 6.07) is 10.0. The van der Waals surface area contributed by atoms with Crippen molar-refractivity contribution in [3.63, 3.8) is 0 Å². The third-order valence-electron chi connectivity index (χ3n) is 5.20. The van der Waals surface area contributed by atoms with E-state index in [-0.39, 0.29) is 11.8 Å². The van der Waals surface area contributed by atoms with Crippen molar-refractivity contribution >= 4 is 5.91 Å². The van der Waals surface area contributed by atoms with Gasteiger partial charge >= 0.3 is 0 Å². The number of nitrogens with zero attached hydrogens (tertiary/aromatic N) is 2. The predicted molar refractivity (Wildman–Crippen MR) is 84.3 cm³/mol. The van der Waals surface area contributed by atoms with Gasteiger partial charge in [0.2, 0.25) is 11.8 Å². The number of nitrogens with one attached hydrogen (secondary N) is 1. The number of rotatable bonds is 5. The standard InChI is InChI=1S/C18H21N3O2/c22-18(15-9-13-6-7-14(15)8-13)19-11-17-20-16(21-23-17)10-12-4-2-1-3-5-12/h1-5,13-15H,6-11H2,(H,19,22)/t13-,14-,15-/m0/s1. The number of fused-ring (bicyclic) bond motifs is 2. The van der Waals surface area contributed by atoms with Crippen molar-refractivity contribution in [2.75, 3.05) is 0 Å². The molecule has 0 saturated heterocycles. The first-order valence-electron chi connectivity index (χ1n) is 8.41. The Kier molecular flexibility index (Phi) is 3.85. The summed E-state index contributed by atoms with van der Waals surface area (Å²) in [5, 5.41) is 6.96. The van der Waals surface area contributed by atoms with Gasteiger partial charge in [-0.15, -0.1) is 0 Å². The maximum absolute atomic E-state index is 12.3. The molecule has 0 aliphatic heterocycles. The fourth-order valence-electron chi connectivity index (χ4n) is 4.07. The topological polar surface area (TPSA) is 68.0 Å². The Balaban J connectivity index is 1.31. The molecule has 2 bridgehead atoms. The molecule has 23 heavy (non-hydrogen) atoms. The van der Waals surface area contributed by atoms with E-state index in [0.29, 0.717) is 30.6 Å². The number of benzene rings is 1. The average Bonchev–Trinajstić information content (AvgIpc) is 3.30. The smallest absolute Gasteiger partial charge is 0.246 e. The first-order valence-corrected chi connectivity index (χ1v) is 8.41. The van der Waals surface area contributed by atoms with Crippen LogP contribution < -0.4 is 5.32 Å². The van der Waals surface area contributed by atoms with Crippen LogP contribution in [0.5, 0.6) is 0 Å². The lowest BCUT2D eigenvalue weighted by Crippen LogP contribution is -2.33. The molecule has 2 aliphatic carbocycles. The summed E-state index contributed by atoms with van der Waals surface area (Å²) in [7, 11) is 0. The van der Waals surface area contributed by atoms with E-state index >= 15 is 0 Å². The number of carbonyl (C=O) groups is 1. The lowest BCUT2D eigenvalue weighted by atomic mass is 9.88. The Labute approximate surface area is 135 Å². The molecule has 3 atom stereocenters. The first kappa shape index (κ1) is 14.4. The van der Waals surface area contributed by atoms with E-state index in [2.05, 4.69) is 15.5 Å². The van der Waals surface area contributed by atoms with Gasteiger partial charge in [-0.1, -0.05) is 41.9 Å². The summed E-state index contributed by atoms with van der Waals surface area (Å²) in [6.07, 6.45) is 5.45. The van der Waals surface area contributed by atoms with Crippen LogP contribution in [0, 0.1) is 17.8 Å². The number of carbonyl (C=O) groups excluding carboxylic acids is 1. The van der Waals surface area contributed by atoms with Crippen molar-refractivity contribution in [3.8, 4) is 0 Å². The van der Waals surface area contributed by atoms with Crippen LogP contribution in [-0.4, -0.2) is 16.0 Å². The van der Waals surface area contributed by atoms with Crippen molar-refractivity contribution < 1.29 is 9.32 Å². The Hall–Kier alpha value is -2.17. The number of aromatic nitrogens is 2. The zero-order chi connectivity index (χ0) is 15.6. The van der Waals surface area contributed by atoms with E-state index in [1.54, 1.807) is 0 Å². The summed E-state index contributed by atoms with van der Waals surface area (Å²) >= 11 is 0. The molecule has 5 nitrogen and oxygen atoms in total. The van der Waals surface area contributed by atoms with E-state index in [1.165, 1.54) is 19.3 Å². The number of amides is 1. The molecule has 2 aliphatic rings. The number of hydrogen-bond acceptors (Lipinski definition) is 4. The lowest BCUT2D eigenvalue weighted by molar-refractivity contribution is -0.126. The van der Waals surface area contributed by atoms with Gasteiger partial charge in [-0.25, -0.2) is 0 Å². The van der Waals surface area contributed by atoms with Crippen LogP contribution in [0.4, 0.5) is 0 Å². The fraction of sp³-hybridized carbons (Fsp3) is 0.500. The first-order chi connectivity index (χ1) is 11.3. The maximum atomic E-state index is 12.3. The molecule has 120 valence electrons. The van der Waals surface area contributed by atoms with Gasteiger partial charge in [-0.05, 0) is 36.7 Å². The molecule has 0 spiro atoms. The second kappa shape index (κ2) is 6.14. The molecule has 1 aromatic carbocycles. The molecular formula is C18H21N3O2. The second-order valence-corrected chi connectivity index (χ2v) is 6.77. The van der Waals surface area contributed by atoms with Crippen LogP contribution in [0.15, 0.2) is 34.9 Å². The molecule has 5 heteroatoms. The number of hydrogen-bond donors (Lipinski definition) is 1. The van der Waals surface area contributed by atoms with E-state index < -0.39 is 0 Å². The van der Waals surface area contributed by atoms with Gasteiger partial charge in [-0.2, -0.15) is 4.98 Å². The van der Waals surface area contributed by atoms with Crippen LogP contribution in [0.3, 0.4) is 0 Å². The fourth-order valence-corrected chi connectivity index (χ4v) is 4.07. The van der Waals surface area contributed by atoms with Crippen LogP contribution in [0.1, 0.15) is 43.0 Å². The maximum Gasteiger partial charge on any atom is 0.246 e. The van der Waals surface area contributed by atoms with Gasteiger partial charge in [0, 0.05) is 12.3 Å². The Morgan fingerprint density at radius 3 is 2.83 bits per heavy atom. The minimum absolute atomic E-state index is 0.153. The second-order valence-electron chi connectivity index (χ2n) is 6.77. The SMILES string of the molecule is O=C(NCc1nc(Cc2ccccc2)no1)[C@H]1C[C@H]2CC[C@H]1C2. The molecular weight excluding hydrogens is 290 g/mol. The van der Waals surface area contributed by atoms with E-state index in [0.717, 1.165) is 17.9 Å². The highest BCUT2D eigenvalue weighted by Crippen LogP contribution is 2.48. The average molecular weight is 311 g/mol. The zero-order valence-electron chi connectivity index (χ0n) is 13.1. The van der Waals surface area contributed by atoms with Crippen LogP contribution in [0.2, 0.25) is 0 Å². The van der Waals surface area contributed by atoms with Crippen molar-refractivity contribution in [2.24, 2.45) is 17.8 Å². The van der Waals surface area contributed by atoms with Crippen molar-refractivity contribution in [1.82, 2.24) is 15.5 Å². The predicted octanol–water partition coefficient (Wildman–Crippen LogP) is 2.71. The summed E-state index contributed by atoms with van der Waals surface area (Å²) in [5.74, 6) is 2.85. The van der Waals surface area contributed by atoms with Crippen molar-refractivity contribution in [3.05, 3.63) is 47.6 Å². The van der Waals surface area contributed by atoms with Crippen LogP contribution in [0.25, 0.3) is 0 Å². The largest absolute Gasteiger partial charge is 0.347 e. The van der Waals surface area contributed by atoms with E-state index in [4.69, 9.17) is 4.52 Å². The molecule has 2 aromatic rings. The molecule has 2 saturated carbocycles. The van der Waals surface area contributed by atoms with Crippen molar-refractivity contribution in [1.29, 1.82) is 0 Å². The summed E-state index contributed by atoms with van der Waals surface area (Å²) in [5.41, 5.74) is 1.14. The lowest BCUT2D eigenvalue weighted by Gasteiger charge is -2.20.